The highest BCUT2D eigenvalue weighted by atomic mass is 15.1. The van der Waals surface area contributed by atoms with Crippen LogP contribution in [-0.2, 0) is 0 Å². The maximum absolute atomic E-state index is 2.42. The highest BCUT2D eigenvalue weighted by Gasteiger charge is 2.17. The molecule has 1 aromatic heterocycles. The molecule has 19 heavy (non-hydrogen) atoms. The van der Waals surface area contributed by atoms with E-state index in [1.165, 1.54) is 18.4 Å². The molecular weight excluding hydrogens is 232 g/mol. The van der Waals surface area contributed by atoms with E-state index in [9.17, 15) is 0 Å². The first-order valence-electron chi connectivity index (χ1n) is 7.01. The summed E-state index contributed by atoms with van der Waals surface area (Å²) in [5, 5.41) is 0. The van der Waals surface area contributed by atoms with Crippen molar-refractivity contribution in [3.05, 3.63) is 66.6 Å². The molecule has 0 N–H and O–H groups in total. The van der Waals surface area contributed by atoms with Crippen LogP contribution >= 0.6 is 0 Å². The van der Waals surface area contributed by atoms with Crippen molar-refractivity contribution in [2.75, 3.05) is 13.1 Å². The highest BCUT2D eigenvalue weighted by molar-refractivity contribution is 5.48. The average Bonchev–Trinajstić information content (AvgIpc) is 3.01. The van der Waals surface area contributed by atoms with Gasteiger partial charge >= 0.3 is 0 Å². The zero-order chi connectivity index (χ0) is 12.9. The molecule has 0 unspecified atom stereocenters. The van der Waals surface area contributed by atoms with Crippen molar-refractivity contribution in [2.24, 2.45) is 0 Å². The van der Waals surface area contributed by atoms with Crippen molar-refractivity contribution in [1.29, 1.82) is 0 Å². The van der Waals surface area contributed by atoms with Crippen LogP contribution in [0, 0.1) is 0 Å². The van der Waals surface area contributed by atoms with Crippen molar-refractivity contribution < 1.29 is 0 Å². The monoisotopic (exact) mass is 252 g/mol. The van der Waals surface area contributed by atoms with Crippen LogP contribution in [0.4, 0.5) is 0 Å². The summed E-state index contributed by atoms with van der Waals surface area (Å²) in [5.74, 6) is 0. The predicted octanol–water partition coefficient (Wildman–Crippen LogP) is 3.80. The molecule has 1 aliphatic heterocycles. The molecule has 1 fully saturated rings. The van der Waals surface area contributed by atoms with Gasteiger partial charge in [0.2, 0.25) is 0 Å². The van der Waals surface area contributed by atoms with Gasteiger partial charge in [-0.3, -0.25) is 0 Å². The third kappa shape index (κ3) is 3.08. The van der Waals surface area contributed by atoms with E-state index < -0.39 is 0 Å². The minimum atomic E-state index is 0.677. The van der Waals surface area contributed by atoms with Crippen molar-refractivity contribution in [1.82, 2.24) is 9.47 Å². The van der Waals surface area contributed by atoms with Crippen LogP contribution in [0.15, 0.2) is 61.1 Å². The minimum absolute atomic E-state index is 0.677. The normalized spacial score (nSPS) is 17.2. The SMILES string of the molecule is C(=CN1CCC(n2cccc2)CC1)c1ccccc1. The van der Waals surface area contributed by atoms with Crippen LogP contribution in [0.1, 0.15) is 24.4 Å². The molecule has 0 bridgehead atoms. The zero-order valence-corrected chi connectivity index (χ0v) is 11.2. The number of hydrogen-bond donors (Lipinski definition) is 0. The number of nitrogens with zero attached hydrogens (tertiary/aromatic N) is 2. The van der Waals surface area contributed by atoms with Crippen molar-refractivity contribution in [2.45, 2.75) is 18.9 Å². The molecule has 0 spiro atoms. The number of rotatable bonds is 3. The fourth-order valence-electron chi connectivity index (χ4n) is 2.68. The maximum atomic E-state index is 2.42. The molecular formula is C17H20N2. The lowest BCUT2D eigenvalue weighted by Crippen LogP contribution is -2.30. The minimum Gasteiger partial charge on any atom is -0.377 e. The van der Waals surface area contributed by atoms with E-state index in [0.717, 1.165) is 13.1 Å². The quantitative estimate of drug-likeness (QED) is 0.806. The number of aromatic nitrogens is 1. The zero-order valence-electron chi connectivity index (χ0n) is 11.2. The summed E-state index contributed by atoms with van der Waals surface area (Å²) in [7, 11) is 0. The molecule has 1 aromatic carbocycles. The van der Waals surface area contributed by atoms with Crippen LogP contribution in [0.3, 0.4) is 0 Å². The van der Waals surface area contributed by atoms with Crippen LogP contribution < -0.4 is 0 Å². The molecule has 3 rings (SSSR count). The summed E-state index contributed by atoms with van der Waals surface area (Å²) in [6.45, 7) is 2.29. The van der Waals surface area contributed by atoms with Gasteiger partial charge in [0, 0.05) is 31.5 Å². The van der Waals surface area contributed by atoms with E-state index in [4.69, 9.17) is 0 Å². The number of hydrogen-bond acceptors (Lipinski definition) is 1. The van der Waals surface area contributed by atoms with E-state index in [1.54, 1.807) is 0 Å². The molecule has 0 aliphatic carbocycles. The first-order chi connectivity index (χ1) is 9.42. The van der Waals surface area contributed by atoms with E-state index in [1.807, 2.05) is 0 Å². The average molecular weight is 252 g/mol. The fourth-order valence-corrected chi connectivity index (χ4v) is 2.68. The predicted molar refractivity (Wildman–Crippen MR) is 79.8 cm³/mol. The molecule has 0 atom stereocenters. The Kier molecular flexibility index (Phi) is 3.68. The Morgan fingerprint density at radius 2 is 1.58 bits per heavy atom. The van der Waals surface area contributed by atoms with Crippen LogP contribution in [-0.4, -0.2) is 22.6 Å². The first-order valence-corrected chi connectivity index (χ1v) is 7.01. The van der Waals surface area contributed by atoms with E-state index in [0.29, 0.717) is 6.04 Å². The van der Waals surface area contributed by atoms with Gasteiger partial charge in [0.15, 0.2) is 0 Å². The van der Waals surface area contributed by atoms with E-state index in [-0.39, 0.29) is 0 Å². The van der Waals surface area contributed by atoms with Crippen LogP contribution in [0.25, 0.3) is 6.08 Å². The number of likely N-dealkylation sites (tertiary alicyclic amines) is 1. The third-order valence-corrected chi connectivity index (χ3v) is 3.83. The Balaban J connectivity index is 1.55. The Bertz CT molecular complexity index is 505. The first kappa shape index (κ1) is 12.1. The smallest absolute Gasteiger partial charge is 0.0364 e. The Labute approximate surface area is 115 Å². The second kappa shape index (κ2) is 5.79. The van der Waals surface area contributed by atoms with Gasteiger partial charge in [-0.1, -0.05) is 30.3 Å². The van der Waals surface area contributed by atoms with Gasteiger partial charge in [-0.2, -0.15) is 0 Å². The Morgan fingerprint density at radius 1 is 0.895 bits per heavy atom. The van der Waals surface area contributed by atoms with Crippen molar-refractivity contribution in [3.8, 4) is 0 Å². The van der Waals surface area contributed by atoms with Crippen LogP contribution in [0.5, 0.6) is 0 Å². The van der Waals surface area contributed by atoms with Crippen molar-refractivity contribution >= 4 is 6.08 Å². The summed E-state index contributed by atoms with van der Waals surface area (Å²) in [5.41, 5.74) is 1.27. The summed E-state index contributed by atoms with van der Waals surface area (Å²) in [6, 6.07) is 15.4. The van der Waals surface area contributed by atoms with Gasteiger partial charge < -0.3 is 9.47 Å². The van der Waals surface area contributed by atoms with Crippen LogP contribution in [0.2, 0.25) is 0 Å². The summed E-state index contributed by atoms with van der Waals surface area (Å²) < 4.78 is 2.35. The summed E-state index contributed by atoms with van der Waals surface area (Å²) in [6.07, 6.45) is 11.3. The van der Waals surface area contributed by atoms with Gasteiger partial charge in [-0.15, -0.1) is 0 Å². The lowest BCUT2D eigenvalue weighted by molar-refractivity contribution is 0.245. The Morgan fingerprint density at radius 3 is 2.26 bits per heavy atom. The van der Waals surface area contributed by atoms with Gasteiger partial charge in [-0.25, -0.2) is 0 Å². The van der Waals surface area contributed by atoms with Gasteiger partial charge in [-0.05, 0) is 42.8 Å². The van der Waals surface area contributed by atoms with Gasteiger partial charge in [0.1, 0.15) is 0 Å². The summed E-state index contributed by atoms with van der Waals surface area (Å²) >= 11 is 0. The fraction of sp³-hybridized carbons (Fsp3) is 0.294. The van der Waals surface area contributed by atoms with E-state index in [2.05, 4.69) is 76.6 Å². The molecule has 98 valence electrons. The molecule has 1 aliphatic rings. The Hall–Kier alpha value is -1.96. The molecule has 0 amide bonds. The molecule has 2 heterocycles. The number of piperidine rings is 1. The van der Waals surface area contributed by atoms with Gasteiger partial charge in [0.25, 0.3) is 0 Å². The van der Waals surface area contributed by atoms with Gasteiger partial charge in [0.05, 0.1) is 0 Å². The number of benzene rings is 1. The molecule has 1 saturated heterocycles. The van der Waals surface area contributed by atoms with E-state index >= 15 is 0 Å². The second-order valence-corrected chi connectivity index (χ2v) is 5.12. The summed E-state index contributed by atoms with van der Waals surface area (Å²) in [4.78, 5) is 2.42. The molecule has 2 heteroatoms. The van der Waals surface area contributed by atoms with Crippen molar-refractivity contribution in [3.63, 3.8) is 0 Å². The lowest BCUT2D eigenvalue weighted by atomic mass is 10.1. The molecule has 2 nitrogen and oxygen atoms in total. The highest BCUT2D eigenvalue weighted by Crippen LogP contribution is 2.22. The topological polar surface area (TPSA) is 8.17 Å². The molecule has 0 saturated carbocycles. The lowest BCUT2D eigenvalue weighted by Gasteiger charge is -2.32. The standard InChI is InChI=1S/C17H20N2/c1-2-6-16(7-3-1)8-13-18-14-9-17(10-15-18)19-11-4-5-12-19/h1-8,11-13,17H,9-10,14-15H2. The molecule has 2 aromatic rings. The maximum Gasteiger partial charge on any atom is 0.0364 e. The third-order valence-electron chi connectivity index (χ3n) is 3.83. The largest absolute Gasteiger partial charge is 0.377 e. The molecule has 0 radical (unpaired) electrons. The second-order valence-electron chi connectivity index (χ2n) is 5.12.